The second kappa shape index (κ2) is 80.0. The van der Waals surface area contributed by atoms with Crippen LogP contribution in [0.1, 0.15) is 27.7 Å². The average molecular weight is 1930 g/mol. The maximum absolute atomic E-state index is 10.2. The molecule has 0 aliphatic heterocycles. The molecule has 122 heavy (non-hydrogen) atoms. The van der Waals surface area contributed by atoms with E-state index in [9.17, 15) is 16.8 Å². The monoisotopic (exact) mass is 1930 g/mol. The third kappa shape index (κ3) is 79.1. The Morgan fingerprint density at radius 2 is 0.516 bits per heavy atom. The zero-order chi connectivity index (χ0) is 91.7. The van der Waals surface area contributed by atoms with Crippen molar-refractivity contribution < 1.29 is 44.5 Å². The van der Waals surface area contributed by atoms with E-state index in [0.29, 0.717) is 44.8 Å². The van der Waals surface area contributed by atoms with Crippen LogP contribution in [-0.2, 0) is 42.8 Å². The number of hydrogen-bond acceptors (Lipinski definition) is 19. The molecule has 0 spiro atoms. The van der Waals surface area contributed by atoms with Crippen LogP contribution in [0.25, 0.3) is 10.4 Å². The maximum atomic E-state index is 10.2. The van der Waals surface area contributed by atoms with E-state index in [-0.39, 0.29) is 19.3 Å². The Morgan fingerprint density at radius 1 is 0.377 bits per heavy atom. The molecule has 0 bridgehead atoms. The number of ether oxygens (including phenoxy) is 3. The number of benzene rings is 10. The molecule has 35 heteroatoms. The Hall–Kier alpha value is -9.41. The van der Waals surface area contributed by atoms with Gasteiger partial charge in [-0.1, -0.05) is 215 Å². The summed E-state index contributed by atoms with van der Waals surface area (Å²) in [7, 11) is 11.7. The molecular formula is C87H121ClN16O10S7Sn. The number of thiocarbonyl (C=S) groups is 5. The Bertz CT molecular complexity index is 3680. The molecule has 10 rings (SSSR count). The van der Waals surface area contributed by atoms with Gasteiger partial charge in [-0.25, -0.2) is 0 Å². The third-order valence-electron chi connectivity index (χ3n) is 12.5. The minimum absolute atomic E-state index is 0.0926. The summed E-state index contributed by atoms with van der Waals surface area (Å²) in [5, 5.41) is 47.1. The van der Waals surface area contributed by atoms with Gasteiger partial charge in [-0.15, -0.1) is 0 Å². The minimum atomic E-state index is -3.28. The summed E-state index contributed by atoms with van der Waals surface area (Å²) in [5.74, 6) is 0. The first-order chi connectivity index (χ1) is 58.5. The van der Waals surface area contributed by atoms with Gasteiger partial charge in [-0.3, -0.25) is 8.37 Å². The fraction of sp³-hybridized carbons (Fsp3) is 0.253. The van der Waals surface area contributed by atoms with Crippen molar-refractivity contribution in [1.29, 1.82) is 0 Å². The quantitative estimate of drug-likeness (QED) is 0.00570. The normalized spacial score (nSPS) is 9.48. The van der Waals surface area contributed by atoms with Crippen LogP contribution in [0.4, 0.5) is 56.9 Å². The van der Waals surface area contributed by atoms with Crippen molar-refractivity contribution in [3.05, 3.63) is 314 Å². The number of hydrogen-bond donors (Lipinski definition) is 13. The third-order valence-corrected chi connectivity index (χ3v) is 14.7. The summed E-state index contributed by atoms with van der Waals surface area (Å²) in [6, 6.07) is 98.9. The van der Waals surface area contributed by atoms with Crippen LogP contribution < -0.4 is 64.2 Å². The number of anilines is 10. The van der Waals surface area contributed by atoms with Crippen LogP contribution in [0, 0.1) is 0 Å². The number of nitrogens with zero attached hydrogens (tertiary/aromatic N) is 4. The summed E-state index contributed by atoms with van der Waals surface area (Å²) in [6.45, 7) is 10.2. The number of azide groups is 1. The molecule has 2 radical (unpaired) electrons. The molecule has 662 valence electrons. The van der Waals surface area contributed by atoms with E-state index in [2.05, 4.69) is 91.3 Å². The number of nitrogens with two attached hydrogens (primary N) is 1. The number of aliphatic hydroxyl groups is 1. The SMILES string of the molecule is CC(C)N.CC(C)N=[N+]=[N-].CNC.CO.COCCN(C)C.COCCOS(C)(=O)=O.COCCOS(C)(=O)=O.S=C(Nc1ccccc1)Nc1ccccc1.S=C(Nc1ccccc1)Nc1ccccc1.S=C(Nc1ccccc1)Nc1ccccc1.S=C(Nc1ccccc1)Nc1ccccc1.S=C(Nc1ccccc1)Nc1ccccc1.[Cl][SnH]. The summed E-state index contributed by atoms with van der Waals surface area (Å²) >= 11 is 26.8. The topological polar surface area (TPSA) is 345 Å². The van der Waals surface area contributed by atoms with E-state index >= 15 is 0 Å². The van der Waals surface area contributed by atoms with Crippen molar-refractivity contribution in [2.24, 2.45) is 10.8 Å². The molecule has 10 aromatic carbocycles. The van der Waals surface area contributed by atoms with Crippen molar-refractivity contribution in [1.82, 2.24) is 10.2 Å². The number of aliphatic hydroxyl groups excluding tert-OH is 1. The average Bonchev–Trinajstić information content (AvgIpc) is 0.928. The number of para-hydroxylation sites is 10. The fourth-order valence-electron chi connectivity index (χ4n) is 7.60. The van der Waals surface area contributed by atoms with Crippen LogP contribution in [-0.4, -0.2) is 195 Å². The van der Waals surface area contributed by atoms with E-state index in [0.717, 1.165) is 111 Å². The van der Waals surface area contributed by atoms with Gasteiger partial charge in [-0.2, -0.15) is 16.8 Å². The van der Waals surface area contributed by atoms with Crippen LogP contribution in [0.2, 0.25) is 0 Å². The van der Waals surface area contributed by atoms with Crippen molar-refractivity contribution in [3.8, 4) is 0 Å². The number of methoxy groups -OCH3 is 3. The predicted molar refractivity (Wildman–Crippen MR) is 539 cm³/mol. The van der Waals surface area contributed by atoms with E-state index in [4.69, 9.17) is 91.1 Å². The zero-order valence-corrected chi connectivity index (χ0v) is 81.3. The Kier molecular flexibility index (Phi) is 76.6. The van der Waals surface area contributed by atoms with E-state index < -0.39 is 20.2 Å². The summed E-state index contributed by atoms with van der Waals surface area (Å²) in [5.41, 5.74) is 22.6. The number of likely N-dealkylation sites (N-methyl/N-ethyl adjacent to an activating group) is 1. The molecule has 0 saturated carbocycles. The second-order valence-corrected chi connectivity index (χ2v) is 29.8. The Balaban J connectivity index is -0.00000131. The molecule has 0 heterocycles. The van der Waals surface area contributed by atoms with Gasteiger partial charge in [0.15, 0.2) is 25.6 Å². The predicted octanol–water partition coefficient (Wildman–Crippen LogP) is 18.4. The van der Waals surface area contributed by atoms with Gasteiger partial charge in [0.1, 0.15) is 0 Å². The first-order valence-electron chi connectivity index (χ1n) is 37.3. The second-order valence-electron chi connectivity index (χ2n) is 24.4. The van der Waals surface area contributed by atoms with Crippen LogP contribution in [0.3, 0.4) is 0 Å². The van der Waals surface area contributed by atoms with Gasteiger partial charge in [-0.05, 0) is 222 Å². The van der Waals surface area contributed by atoms with Crippen molar-refractivity contribution in [2.45, 2.75) is 39.8 Å². The Labute approximate surface area is 768 Å². The van der Waals surface area contributed by atoms with Crippen molar-refractivity contribution in [2.75, 3.05) is 162 Å². The van der Waals surface area contributed by atoms with Crippen LogP contribution in [0.15, 0.2) is 308 Å². The first kappa shape index (κ1) is 117. The van der Waals surface area contributed by atoms with Gasteiger partial charge in [0.2, 0.25) is 0 Å². The van der Waals surface area contributed by atoms with Crippen molar-refractivity contribution in [3.63, 3.8) is 0 Å². The van der Waals surface area contributed by atoms with E-state index in [1.807, 2.05) is 359 Å². The molecular weight excluding hydrogens is 1810 g/mol. The summed E-state index contributed by atoms with van der Waals surface area (Å²) in [4.78, 5) is 4.65. The standard InChI is InChI=1S/5C13H12N2S.C5H13NO.2C4H10O4S.C3H7N3.C3H9N.C2H7N.CH4O.ClH.Sn.H/c5*16-13(14-11-7-3-1-4-8-11)15-12-9-5-2-6-10-12;1-6(2)4-5-7-3;2*1-7-3-4-8-9(2,5)6;1-3(2)5-6-4;1-3(2)4;1-3-2;1-2;;;/h5*1-10H,(H2,14,15,16);4-5H2,1-3H3;2*3-4H2,1-2H3;3H,1-2H3;3H,4H2,1-2H3;3H,1-2H3;2H,1H3;1H;;/q;;;;;;;;;;;;;+1;/p-1. The van der Waals surface area contributed by atoms with Crippen molar-refractivity contribution >= 4 is 194 Å². The van der Waals surface area contributed by atoms with Gasteiger partial charge in [0, 0.05) is 103 Å². The summed E-state index contributed by atoms with van der Waals surface area (Å²) < 4.78 is 63.5. The van der Waals surface area contributed by atoms with Gasteiger partial charge in [0.25, 0.3) is 20.2 Å². The van der Waals surface area contributed by atoms with Crippen LogP contribution >= 0.6 is 70.0 Å². The molecule has 0 fully saturated rings. The molecule has 0 aromatic heterocycles. The van der Waals surface area contributed by atoms with Gasteiger partial charge >= 0.3 is 30.3 Å². The Morgan fingerprint density at radius 3 is 0.598 bits per heavy atom. The molecule has 14 N–H and O–H groups in total. The number of rotatable bonds is 22. The van der Waals surface area contributed by atoms with Gasteiger partial charge < -0.3 is 88.4 Å². The molecule has 0 unspecified atom stereocenters. The first-order valence-corrected chi connectivity index (χ1v) is 47.1. The fourth-order valence-corrected chi connectivity index (χ4v) is 9.52. The molecule has 0 aliphatic carbocycles. The van der Waals surface area contributed by atoms with Gasteiger partial charge in [0.05, 0.1) is 45.5 Å². The number of nitrogens with one attached hydrogen (secondary N) is 11. The van der Waals surface area contributed by atoms with E-state index in [1.165, 1.54) is 14.2 Å². The summed E-state index contributed by atoms with van der Waals surface area (Å²) in [6.07, 6.45) is 2.01. The zero-order valence-electron chi connectivity index (χ0n) is 71.6. The molecule has 10 aromatic rings. The number of halogens is 1. The van der Waals surface area contributed by atoms with Crippen LogP contribution in [0.5, 0.6) is 0 Å². The molecule has 26 nitrogen and oxygen atoms in total. The molecule has 0 amide bonds. The molecule has 0 saturated heterocycles. The van der Waals surface area contributed by atoms with E-state index in [1.54, 1.807) is 7.11 Å². The molecule has 0 atom stereocenters. The molecule has 0 aliphatic rings.